The van der Waals surface area contributed by atoms with Crippen molar-refractivity contribution in [3.63, 3.8) is 0 Å². The average molecular weight is 205 g/mol. The van der Waals surface area contributed by atoms with E-state index in [1.54, 1.807) is 12.5 Å². The lowest BCUT2D eigenvalue weighted by Crippen LogP contribution is -2.45. The van der Waals surface area contributed by atoms with Crippen LogP contribution in [0.25, 0.3) is 0 Å². The third-order valence-electron chi connectivity index (χ3n) is 2.80. The number of nitrogens with zero attached hydrogens (tertiary/aromatic N) is 2. The third kappa shape index (κ3) is 2.38. The highest BCUT2D eigenvalue weighted by atomic mass is 16.3. The number of hydrogen-bond donors (Lipinski definition) is 1. The Hall–Kier alpha value is -1.31. The van der Waals surface area contributed by atoms with Crippen molar-refractivity contribution in [3.8, 4) is 6.07 Å². The Morgan fingerprint density at radius 1 is 1.53 bits per heavy atom. The smallest absolute Gasteiger partial charge is 0.0950 e. The molecule has 1 atom stereocenters. The van der Waals surface area contributed by atoms with Crippen molar-refractivity contribution in [3.05, 3.63) is 24.2 Å². The highest BCUT2D eigenvalue weighted by molar-refractivity contribution is 5.13. The lowest BCUT2D eigenvalue weighted by atomic mass is 10.1. The monoisotopic (exact) mass is 205 g/mol. The maximum absolute atomic E-state index is 8.84. The topological polar surface area (TPSA) is 52.2 Å². The lowest BCUT2D eigenvalue weighted by molar-refractivity contribution is 0.175. The van der Waals surface area contributed by atoms with Crippen molar-refractivity contribution in [1.29, 1.82) is 5.26 Å². The van der Waals surface area contributed by atoms with Gasteiger partial charge in [-0.05, 0) is 6.07 Å². The van der Waals surface area contributed by atoms with Crippen LogP contribution in [0.3, 0.4) is 0 Å². The van der Waals surface area contributed by atoms with Gasteiger partial charge < -0.3 is 9.73 Å². The van der Waals surface area contributed by atoms with E-state index in [4.69, 9.17) is 9.68 Å². The summed E-state index contributed by atoms with van der Waals surface area (Å²) in [7, 11) is 0. The number of furan rings is 1. The molecule has 1 aliphatic rings. The predicted octanol–water partition coefficient (Wildman–Crippen LogP) is 1.14. The zero-order chi connectivity index (χ0) is 10.5. The standard InChI is InChI=1S/C11H15N3O/c12-3-1-11(10-2-8-15-9-10)14-6-4-13-5-7-14/h2,8-9,11,13H,1,4-7H2/t11-/m1/s1. The molecule has 1 fully saturated rings. The van der Waals surface area contributed by atoms with Gasteiger partial charge in [-0.25, -0.2) is 0 Å². The van der Waals surface area contributed by atoms with Crippen molar-refractivity contribution in [2.75, 3.05) is 26.2 Å². The Bertz CT molecular complexity index is 322. The zero-order valence-electron chi connectivity index (χ0n) is 8.65. The van der Waals surface area contributed by atoms with Gasteiger partial charge in [0, 0.05) is 31.7 Å². The van der Waals surface area contributed by atoms with Gasteiger partial charge in [-0.2, -0.15) is 5.26 Å². The molecule has 1 aromatic heterocycles. The summed E-state index contributed by atoms with van der Waals surface area (Å²) in [5.41, 5.74) is 1.11. The van der Waals surface area contributed by atoms with Gasteiger partial charge in [0.1, 0.15) is 0 Å². The van der Waals surface area contributed by atoms with Crippen LogP contribution in [0.4, 0.5) is 0 Å². The van der Waals surface area contributed by atoms with E-state index in [0.717, 1.165) is 31.7 Å². The SMILES string of the molecule is N#CC[C@H](c1ccoc1)N1CCNCC1. The van der Waals surface area contributed by atoms with Crippen molar-refractivity contribution in [2.24, 2.45) is 0 Å². The molecule has 2 heterocycles. The minimum atomic E-state index is 0.191. The Morgan fingerprint density at radius 3 is 2.93 bits per heavy atom. The van der Waals surface area contributed by atoms with Crippen LogP contribution in [-0.2, 0) is 0 Å². The zero-order valence-corrected chi connectivity index (χ0v) is 8.65. The highest BCUT2D eigenvalue weighted by Gasteiger charge is 2.22. The number of nitriles is 1. The molecular weight excluding hydrogens is 190 g/mol. The molecular formula is C11H15N3O. The van der Waals surface area contributed by atoms with Crippen molar-refractivity contribution in [1.82, 2.24) is 10.2 Å². The third-order valence-corrected chi connectivity index (χ3v) is 2.80. The number of nitrogens with one attached hydrogen (secondary N) is 1. The molecule has 0 radical (unpaired) electrons. The van der Waals surface area contributed by atoms with Gasteiger partial charge in [-0.1, -0.05) is 0 Å². The van der Waals surface area contributed by atoms with E-state index in [9.17, 15) is 0 Å². The van der Waals surface area contributed by atoms with Crippen LogP contribution in [0.1, 0.15) is 18.0 Å². The summed E-state index contributed by atoms with van der Waals surface area (Å²) >= 11 is 0. The van der Waals surface area contributed by atoms with Crippen LogP contribution in [0.15, 0.2) is 23.0 Å². The predicted molar refractivity (Wildman–Crippen MR) is 56.1 cm³/mol. The first-order valence-corrected chi connectivity index (χ1v) is 5.25. The minimum Gasteiger partial charge on any atom is -0.472 e. The van der Waals surface area contributed by atoms with Crippen molar-refractivity contribution in [2.45, 2.75) is 12.5 Å². The van der Waals surface area contributed by atoms with Crippen molar-refractivity contribution < 1.29 is 4.42 Å². The van der Waals surface area contributed by atoms with Crippen LogP contribution < -0.4 is 5.32 Å². The summed E-state index contributed by atoms with van der Waals surface area (Å²) in [6, 6.07) is 4.39. The molecule has 0 aromatic carbocycles. The molecule has 0 amide bonds. The fourth-order valence-corrected chi connectivity index (χ4v) is 2.00. The van der Waals surface area contributed by atoms with E-state index in [-0.39, 0.29) is 6.04 Å². The van der Waals surface area contributed by atoms with Gasteiger partial charge in [0.05, 0.1) is 31.1 Å². The Morgan fingerprint density at radius 2 is 2.33 bits per heavy atom. The van der Waals surface area contributed by atoms with Crippen LogP contribution in [-0.4, -0.2) is 31.1 Å². The van der Waals surface area contributed by atoms with E-state index < -0.39 is 0 Å². The van der Waals surface area contributed by atoms with Crippen LogP contribution >= 0.6 is 0 Å². The summed E-state index contributed by atoms with van der Waals surface area (Å²) in [4.78, 5) is 2.34. The van der Waals surface area contributed by atoms with Crippen LogP contribution in [0, 0.1) is 11.3 Å². The lowest BCUT2D eigenvalue weighted by Gasteiger charge is -2.33. The quantitative estimate of drug-likeness (QED) is 0.804. The molecule has 1 N–H and O–H groups in total. The van der Waals surface area contributed by atoms with Gasteiger partial charge in [0.25, 0.3) is 0 Å². The van der Waals surface area contributed by atoms with Crippen LogP contribution in [0.2, 0.25) is 0 Å². The first kappa shape index (κ1) is 10.2. The summed E-state index contributed by atoms with van der Waals surface area (Å²) in [6.07, 6.45) is 3.94. The van der Waals surface area contributed by atoms with Gasteiger partial charge in [0.15, 0.2) is 0 Å². The summed E-state index contributed by atoms with van der Waals surface area (Å²) in [5, 5.41) is 12.2. The van der Waals surface area contributed by atoms with Gasteiger partial charge >= 0.3 is 0 Å². The molecule has 1 saturated heterocycles. The molecule has 1 aromatic rings. The summed E-state index contributed by atoms with van der Waals surface area (Å²) < 4.78 is 5.08. The number of rotatable bonds is 3. The Balaban J connectivity index is 2.08. The largest absolute Gasteiger partial charge is 0.472 e. The highest BCUT2D eigenvalue weighted by Crippen LogP contribution is 2.24. The fraction of sp³-hybridized carbons (Fsp3) is 0.545. The summed E-state index contributed by atoms with van der Waals surface area (Å²) in [6.45, 7) is 3.99. The van der Waals surface area contributed by atoms with Crippen molar-refractivity contribution >= 4 is 0 Å². The first-order valence-electron chi connectivity index (χ1n) is 5.25. The molecule has 4 nitrogen and oxygen atoms in total. The molecule has 0 aliphatic carbocycles. The Labute approximate surface area is 89.5 Å². The second-order valence-corrected chi connectivity index (χ2v) is 3.72. The normalized spacial score (nSPS) is 19.7. The molecule has 0 spiro atoms. The van der Waals surface area contributed by atoms with Gasteiger partial charge in [0.2, 0.25) is 0 Å². The van der Waals surface area contributed by atoms with E-state index in [1.165, 1.54) is 0 Å². The first-order chi connectivity index (χ1) is 7.42. The maximum atomic E-state index is 8.84. The van der Waals surface area contributed by atoms with E-state index in [2.05, 4.69) is 16.3 Å². The Kier molecular flexibility index (Phi) is 3.38. The molecule has 1 aliphatic heterocycles. The molecule has 0 unspecified atom stereocenters. The van der Waals surface area contributed by atoms with E-state index in [0.29, 0.717) is 6.42 Å². The molecule has 0 bridgehead atoms. The minimum absolute atomic E-state index is 0.191. The maximum Gasteiger partial charge on any atom is 0.0950 e. The van der Waals surface area contributed by atoms with Gasteiger partial charge in [-0.15, -0.1) is 0 Å². The summed E-state index contributed by atoms with van der Waals surface area (Å²) in [5.74, 6) is 0. The molecule has 4 heteroatoms. The molecule has 2 rings (SSSR count). The van der Waals surface area contributed by atoms with Gasteiger partial charge in [-0.3, -0.25) is 4.90 Å². The van der Waals surface area contributed by atoms with E-state index in [1.807, 2.05) is 6.07 Å². The molecule has 80 valence electrons. The molecule has 15 heavy (non-hydrogen) atoms. The number of hydrogen-bond acceptors (Lipinski definition) is 4. The average Bonchev–Trinajstić information content (AvgIpc) is 2.80. The molecule has 0 saturated carbocycles. The number of piperazine rings is 1. The van der Waals surface area contributed by atoms with Crippen LogP contribution in [0.5, 0.6) is 0 Å². The second kappa shape index (κ2) is 4.96. The second-order valence-electron chi connectivity index (χ2n) is 3.72. The van der Waals surface area contributed by atoms with E-state index >= 15 is 0 Å². The fourth-order valence-electron chi connectivity index (χ4n) is 2.00.